The van der Waals surface area contributed by atoms with Gasteiger partial charge < -0.3 is 9.64 Å². The molecule has 0 atom stereocenters. The third-order valence-electron chi connectivity index (χ3n) is 4.74. The number of aromatic nitrogens is 2. The first-order valence-electron chi connectivity index (χ1n) is 9.06. The SMILES string of the molecule is CCC(CC)N(CCOC)C(=O)c1ccc(-n2nc(C)c(Cl)c2C)cc1. The van der Waals surface area contributed by atoms with Crippen LogP contribution < -0.4 is 0 Å². The Morgan fingerprint density at radius 2 is 1.85 bits per heavy atom. The van der Waals surface area contributed by atoms with Gasteiger partial charge in [-0.05, 0) is 51.0 Å². The van der Waals surface area contributed by atoms with Gasteiger partial charge in [0.25, 0.3) is 5.91 Å². The Kier molecular flexibility index (Phi) is 7.23. The molecule has 0 saturated heterocycles. The van der Waals surface area contributed by atoms with E-state index in [2.05, 4.69) is 18.9 Å². The van der Waals surface area contributed by atoms with E-state index in [0.717, 1.165) is 29.9 Å². The predicted octanol–water partition coefficient (Wildman–Crippen LogP) is 4.42. The quantitative estimate of drug-likeness (QED) is 0.684. The van der Waals surface area contributed by atoms with Crippen LogP contribution in [0.15, 0.2) is 24.3 Å². The van der Waals surface area contributed by atoms with E-state index >= 15 is 0 Å². The summed E-state index contributed by atoms with van der Waals surface area (Å²) in [6, 6.07) is 7.73. The molecule has 0 N–H and O–H groups in total. The van der Waals surface area contributed by atoms with E-state index in [1.54, 1.807) is 11.8 Å². The molecule has 26 heavy (non-hydrogen) atoms. The zero-order valence-electron chi connectivity index (χ0n) is 16.3. The van der Waals surface area contributed by atoms with Gasteiger partial charge in [-0.15, -0.1) is 0 Å². The van der Waals surface area contributed by atoms with E-state index in [0.29, 0.717) is 23.7 Å². The van der Waals surface area contributed by atoms with E-state index in [9.17, 15) is 4.79 Å². The summed E-state index contributed by atoms with van der Waals surface area (Å²) in [7, 11) is 1.66. The van der Waals surface area contributed by atoms with Crippen LogP contribution in [0.2, 0.25) is 5.02 Å². The van der Waals surface area contributed by atoms with Gasteiger partial charge in [-0.25, -0.2) is 4.68 Å². The van der Waals surface area contributed by atoms with Crippen LogP contribution in [-0.2, 0) is 4.74 Å². The molecular weight excluding hydrogens is 350 g/mol. The third kappa shape index (κ3) is 4.27. The van der Waals surface area contributed by atoms with Crippen molar-refractivity contribution < 1.29 is 9.53 Å². The normalized spacial score (nSPS) is 11.2. The van der Waals surface area contributed by atoms with E-state index in [1.807, 2.05) is 43.0 Å². The van der Waals surface area contributed by atoms with Gasteiger partial charge in [0.15, 0.2) is 0 Å². The highest BCUT2D eigenvalue weighted by atomic mass is 35.5. The molecule has 6 heteroatoms. The van der Waals surface area contributed by atoms with E-state index in [4.69, 9.17) is 16.3 Å². The number of halogens is 1. The molecule has 0 aliphatic heterocycles. The minimum absolute atomic E-state index is 0.0358. The van der Waals surface area contributed by atoms with Crippen molar-refractivity contribution >= 4 is 17.5 Å². The minimum Gasteiger partial charge on any atom is -0.383 e. The molecule has 0 fully saturated rings. The van der Waals surface area contributed by atoms with Crippen LogP contribution in [0, 0.1) is 13.8 Å². The Labute approximate surface area is 160 Å². The van der Waals surface area contributed by atoms with Crippen LogP contribution >= 0.6 is 11.6 Å². The lowest BCUT2D eigenvalue weighted by Gasteiger charge is -2.30. The number of carbonyl (C=O) groups excluding carboxylic acids is 1. The van der Waals surface area contributed by atoms with Gasteiger partial charge in [-0.1, -0.05) is 25.4 Å². The van der Waals surface area contributed by atoms with Crippen LogP contribution in [0.5, 0.6) is 0 Å². The van der Waals surface area contributed by atoms with Crippen molar-refractivity contribution in [1.29, 1.82) is 0 Å². The highest BCUT2D eigenvalue weighted by Crippen LogP contribution is 2.23. The summed E-state index contributed by atoms with van der Waals surface area (Å²) in [6.07, 6.45) is 1.85. The number of nitrogens with zero attached hydrogens (tertiary/aromatic N) is 3. The van der Waals surface area contributed by atoms with Gasteiger partial charge in [-0.2, -0.15) is 5.10 Å². The standard InChI is InChI=1S/C20H28ClN3O2/c1-6-17(7-2)23(12-13-26-5)20(25)16-8-10-18(11-9-16)24-15(4)19(21)14(3)22-24/h8-11,17H,6-7,12-13H2,1-5H3. The first-order valence-corrected chi connectivity index (χ1v) is 9.44. The molecule has 0 unspecified atom stereocenters. The highest BCUT2D eigenvalue weighted by Gasteiger charge is 2.22. The second-order valence-corrected chi connectivity index (χ2v) is 6.78. The number of methoxy groups -OCH3 is 1. The Balaban J connectivity index is 2.27. The molecule has 2 rings (SSSR count). The molecule has 1 heterocycles. The number of benzene rings is 1. The molecule has 2 aromatic rings. The van der Waals surface area contributed by atoms with Crippen LogP contribution in [-0.4, -0.2) is 46.9 Å². The average Bonchev–Trinajstić information content (AvgIpc) is 2.92. The van der Waals surface area contributed by atoms with E-state index in [1.165, 1.54) is 0 Å². The number of ether oxygens (including phenoxy) is 1. The zero-order valence-corrected chi connectivity index (χ0v) is 17.0. The summed E-state index contributed by atoms with van der Waals surface area (Å²) in [6.45, 7) is 9.16. The molecule has 1 amide bonds. The Hall–Kier alpha value is -1.85. The molecule has 1 aromatic heterocycles. The Bertz CT molecular complexity index is 736. The summed E-state index contributed by atoms with van der Waals surface area (Å²) >= 11 is 6.23. The van der Waals surface area contributed by atoms with Crippen LogP contribution in [0.3, 0.4) is 0 Å². The summed E-state index contributed by atoms with van der Waals surface area (Å²) in [4.78, 5) is 14.9. The average molecular weight is 378 g/mol. The third-order valence-corrected chi connectivity index (χ3v) is 5.29. The van der Waals surface area contributed by atoms with Crippen LogP contribution in [0.25, 0.3) is 5.69 Å². The molecule has 0 bridgehead atoms. The maximum absolute atomic E-state index is 13.0. The molecule has 0 saturated carbocycles. The minimum atomic E-state index is 0.0358. The summed E-state index contributed by atoms with van der Waals surface area (Å²) in [5, 5.41) is 5.13. The number of rotatable bonds is 8. The second kappa shape index (κ2) is 9.19. The number of amides is 1. The van der Waals surface area contributed by atoms with Crippen molar-refractivity contribution in [2.45, 2.75) is 46.6 Å². The van der Waals surface area contributed by atoms with Crippen molar-refractivity contribution in [2.75, 3.05) is 20.3 Å². The maximum Gasteiger partial charge on any atom is 0.254 e. The molecule has 0 aliphatic rings. The summed E-state index contributed by atoms with van der Waals surface area (Å²) in [5.41, 5.74) is 3.25. The molecule has 0 spiro atoms. The van der Waals surface area contributed by atoms with Crippen LogP contribution in [0.4, 0.5) is 0 Å². The van der Waals surface area contributed by atoms with Crippen molar-refractivity contribution in [1.82, 2.24) is 14.7 Å². The fraction of sp³-hybridized carbons (Fsp3) is 0.500. The second-order valence-electron chi connectivity index (χ2n) is 6.41. The van der Waals surface area contributed by atoms with Gasteiger partial charge >= 0.3 is 0 Å². The molecular formula is C20H28ClN3O2. The van der Waals surface area contributed by atoms with E-state index in [-0.39, 0.29) is 11.9 Å². The van der Waals surface area contributed by atoms with Gasteiger partial charge in [0.05, 0.1) is 28.7 Å². The monoisotopic (exact) mass is 377 g/mol. The highest BCUT2D eigenvalue weighted by molar-refractivity contribution is 6.31. The van der Waals surface area contributed by atoms with E-state index < -0.39 is 0 Å². The van der Waals surface area contributed by atoms with Gasteiger partial charge in [0.1, 0.15) is 0 Å². The Morgan fingerprint density at radius 1 is 1.23 bits per heavy atom. The lowest BCUT2D eigenvalue weighted by Crippen LogP contribution is -2.41. The smallest absolute Gasteiger partial charge is 0.254 e. The van der Waals surface area contributed by atoms with Crippen LogP contribution in [0.1, 0.15) is 48.4 Å². The topological polar surface area (TPSA) is 47.4 Å². The molecule has 0 aliphatic carbocycles. The summed E-state index contributed by atoms with van der Waals surface area (Å²) in [5.74, 6) is 0.0358. The number of carbonyl (C=O) groups is 1. The molecule has 5 nitrogen and oxygen atoms in total. The molecule has 142 valence electrons. The van der Waals surface area contributed by atoms with Crippen molar-refractivity contribution in [3.63, 3.8) is 0 Å². The lowest BCUT2D eigenvalue weighted by atomic mass is 10.1. The fourth-order valence-corrected chi connectivity index (χ4v) is 3.27. The maximum atomic E-state index is 13.0. The fourth-order valence-electron chi connectivity index (χ4n) is 3.16. The summed E-state index contributed by atoms with van der Waals surface area (Å²) < 4.78 is 6.98. The molecule has 1 aromatic carbocycles. The predicted molar refractivity (Wildman–Crippen MR) is 105 cm³/mol. The first-order chi connectivity index (χ1) is 12.4. The largest absolute Gasteiger partial charge is 0.383 e. The van der Waals surface area contributed by atoms with Crippen molar-refractivity contribution in [3.8, 4) is 5.69 Å². The lowest BCUT2D eigenvalue weighted by molar-refractivity contribution is 0.0589. The van der Waals surface area contributed by atoms with Gasteiger partial charge in [-0.3, -0.25) is 4.79 Å². The number of aryl methyl sites for hydroxylation is 1. The van der Waals surface area contributed by atoms with Crippen molar-refractivity contribution in [2.24, 2.45) is 0 Å². The van der Waals surface area contributed by atoms with Gasteiger partial charge in [0.2, 0.25) is 0 Å². The van der Waals surface area contributed by atoms with Gasteiger partial charge in [0, 0.05) is 25.3 Å². The van der Waals surface area contributed by atoms with Crippen molar-refractivity contribution in [3.05, 3.63) is 46.2 Å². The zero-order chi connectivity index (χ0) is 19.3. The Morgan fingerprint density at radius 3 is 2.31 bits per heavy atom. The number of hydrogen-bond donors (Lipinski definition) is 0. The molecule has 0 radical (unpaired) electrons. The first kappa shape index (κ1) is 20.5. The number of hydrogen-bond acceptors (Lipinski definition) is 3.